The molecular weight excluding hydrogens is 210 g/mol. The number of nitrogens with zero attached hydrogens (tertiary/aromatic N) is 1. The van der Waals surface area contributed by atoms with Gasteiger partial charge in [-0.3, -0.25) is 0 Å². The first kappa shape index (κ1) is 11.5. The van der Waals surface area contributed by atoms with Crippen molar-refractivity contribution in [2.24, 2.45) is 0 Å². The van der Waals surface area contributed by atoms with E-state index in [4.69, 9.17) is 4.74 Å². The van der Waals surface area contributed by atoms with Crippen molar-refractivity contribution in [3.8, 4) is 16.9 Å². The molecule has 0 bridgehead atoms. The van der Waals surface area contributed by atoms with E-state index in [1.807, 2.05) is 44.4 Å². The molecule has 0 heterocycles. The van der Waals surface area contributed by atoms with E-state index in [0.29, 0.717) is 0 Å². The first-order valence-electron chi connectivity index (χ1n) is 5.55. The fourth-order valence-corrected chi connectivity index (χ4v) is 1.89. The van der Waals surface area contributed by atoms with Crippen LogP contribution < -0.4 is 9.64 Å². The average molecular weight is 226 g/mol. The second-order valence-corrected chi connectivity index (χ2v) is 4.04. The number of hydrogen-bond donors (Lipinski definition) is 0. The predicted octanol–water partition coefficient (Wildman–Crippen LogP) is 3.23. The molecule has 2 aromatic rings. The molecule has 1 radical (unpaired) electrons. The lowest BCUT2D eigenvalue weighted by Gasteiger charge is -2.18. The summed E-state index contributed by atoms with van der Waals surface area (Å²) in [5.74, 6) is 0.891. The molecule has 17 heavy (non-hydrogen) atoms. The number of ether oxygens (including phenoxy) is 1. The van der Waals surface area contributed by atoms with Crippen molar-refractivity contribution in [1.82, 2.24) is 0 Å². The summed E-state index contributed by atoms with van der Waals surface area (Å²) in [4.78, 5) is 2.08. The lowest BCUT2D eigenvalue weighted by molar-refractivity contribution is 0.416. The Hall–Kier alpha value is -1.96. The fourth-order valence-electron chi connectivity index (χ4n) is 1.89. The first-order valence-corrected chi connectivity index (χ1v) is 5.55. The van der Waals surface area contributed by atoms with Crippen LogP contribution in [0.15, 0.2) is 42.5 Å². The van der Waals surface area contributed by atoms with Gasteiger partial charge in [0.15, 0.2) is 0 Å². The predicted molar refractivity (Wildman–Crippen MR) is 71.6 cm³/mol. The van der Waals surface area contributed by atoms with Gasteiger partial charge in [-0.2, -0.15) is 0 Å². The summed E-state index contributed by atoms with van der Waals surface area (Å²) in [6.45, 7) is 0. The topological polar surface area (TPSA) is 12.5 Å². The van der Waals surface area contributed by atoms with Crippen LogP contribution in [0.4, 0.5) is 5.69 Å². The summed E-state index contributed by atoms with van der Waals surface area (Å²) >= 11 is 0. The molecule has 0 aliphatic rings. The minimum atomic E-state index is 0.891. The Morgan fingerprint density at radius 3 is 2.53 bits per heavy atom. The van der Waals surface area contributed by atoms with Crippen molar-refractivity contribution in [1.29, 1.82) is 0 Å². The zero-order chi connectivity index (χ0) is 12.3. The van der Waals surface area contributed by atoms with E-state index in [9.17, 15) is 0 Å². The monoisotopic (exact) mass is 226 g/mol. The molecule has 2 aromatic carbocycles. The molecule has 2 heteroatoms. The van der Waals surface area contributed by atoms with Gasteiger partial charge < -0.3 is 9.64 Å². The molecule has 0 N–H and O–H groups in total. The highest BCUT2D eigenvalue weighted by molar-refractivity contribution is 5.81. The van der Waals surface area contributed by atoms with E-state index in [1.165, 1.54) is 0 Å². The van der Waals surface area contributed by atoms with E-state index in [0.717, 1.165) is 22.6 Å². The van der Waals surface area contributed by atoms with Crippen molar-refractivity contribution >= 4 is 5.69 Å². The van der Waals surface area contributed by atoms with Crippen molar-refractivity contribution < 1.29 is 4.74 Å². The zero-order valence-corrected chi connectivity index (χ0v) is 10.4. The normalized spacial score (nSPS) is 10.1. The molecule has 0 unspecified atom stereocenters. The van der Waals surface area contributed by atoms with Gasteiger partial charge in [0.2, 0.25) is 0 Å². The second-order valence-electron chi connectivity index (χ2n) is 4.04. The largest absolute Gasteiger partial charge is 0.496 e. The van der Waals surface area contributed by atoms with Crippen LogP contribution in [-0.4, -0.2) is 21.2 Å². The van der Waals surface area contributed by atoms with Crippen LogP contribution >= 0.6 is 0 Å². The third-order valence-electron chi connectivity index (χ3n) is 2.72. The molecule has 2 rings (SSSR count). The number of rotatable bonds is 3. The van der Waals surface area contributed by atoms with Crippen LogP contribution in [0.25, 0.3) is 11.1 Å². The molecule has 0 fully saturated rings. The first-order chi connectivity index (χ1) is 8.24. The third kappa shape index (κ3) is 2.26. The van der Waals surface area contributed by atoms with Crippen LogP contribution in [0.3, 0.4) is 0 Å². The zero-order valence-electron chi connectivity index (χ0n) is 10.4. The lowest BCUT2D eigenvalue weighted by Crippen LogP contribution is -2.09. The van der Waals surface area contributed by atoms with Crippen LogP contribution in [0.2, 0.25) is 0 Å². The minimum absolute atomic E-state index is 0.891. The molecule has 0 aliphatic carbocycles. The maximum Gasteiger partial charge on any atom is 0.126 e. The Morgan fingerprint density at radius 1 is 1.06 bits per heavy atom. The van der Waals surface area contributed by atoms with Crippen molar-refractivity contribution in [3.05, 3.63) is 48.5 Å². The van der Waals surface area contributed by atoms with Crippen LogP contribution in [-0.2, 0) is 0 Å². The molecule has 87 valence electrons. The number of para-hydroxylation sites is 1. The van der Waals surface area contributed by atoms with Crippen LogP contribution in [0, 0.1) is 6.07 Å². The maximum absolute atomic E-state index is 5.41. The molecule has 0 aliphatic heterocycles. The summed E-state index contributed by atoms with van der Waals surface area (Å²) in [7, 11) is 5.76. The minimum Gasteiger partial charge on any atom is -0.496 e. The van der Waals surface area contributed by atoms with Gasteiger partial charge in [0.1, 0.15) is 5.75 Å². The molecule has 0 amide bonds. The highest BCUT2D eigenvalue weighted by Crippen LogP contribution is 2.35. The summed E-state index contributed by atoms with van der Waals surface area (Å²) in [6, 6.07) is 17.1. The highest BCUT2D eigenvalue weighted by Gasteiger charge is 2.10. The third-order valence-corrected chi connectivity index (χ3v) is 2.72. The average Bonchev–Trinajstić information content (AvgIpc) is 2.38. The van der Waals surface area contributed by atoms with E-state index in [2.05, 4.69) is 23.1 Å². The Bertz CT molecular complexity index is 506. The smallest absolute Gasteiger partial charge is 0.126 e. The number of methoxy groups -OCH3 is 1. The van der Waals surface area contributed by atoms with E-state index in [-0.39, 0.29) is 0 Å². The summed E-state index contributed by atoms with van der Waals surface area (Å²) in [6.07, 6.45) is 0. The quantitative estimate of drug-likeness (QED) is 0.796. The Morgan fingerprint density at radius 2 is 1.82 bits per heavy atom. The maximum atomic E-state index is 5.41. The Balaban J connectivity index is 2.60. The second kappa shape index (κ2) is 4.91. The van der Waals surface area contributed by atoms with Gasteiger partial charge in [0.05, 0.1) is 7.11 Å². The van der Waals surface area contributed by atoms with E-state index < -0.39 is 0 Å². The molecule has 0 aromatic heterocycles. The molecule has 0 spiro atoms. The molecule has 2 nitrogen and oxygen atoms in total. The standard InChI is InChI=1S/C15H16NO/c1-16(2)14-10-6-4-8-12(14)13-9-5-7-11-15(13)17-3/h4-5,7-11H,1-3H3. The number of benzene rings is 2. The fraction of sp³-hybridized carbons (Fsp3) is 0.200. The van der Waals surface area contributed by atoms with Crippen molar-refractivity contribution in [3.63, 3.8) is 0 Å². The van der Waals surface area contributed by atoms with Gasteiger partial charge in [-0.25, -0.2) is 0 Å². The van der Waals surface area contributed by atoms with Crippen molar-refractivity contribution in [2.75, 3.05) is 26.1 Å². The van der Waals surface area contributed by atoms with E-state index >= 15 is 0 Å². The van der Waals surface area contributed by atoms with Gasteiger partial charge >= 0.3 is 0 Å². The Kier molecular flexibility index (Phi) is 3.33. The summed E-state index contributed by atoms with van der Waals surface area (Å²) < 4.78 is 5.41. The lowest BCUT2D eigenvalue weighted by atomic mass is 10.0. The van der Waals surface area contributed by atoms with Gasteiger partial charge in [0, 0.05) is 30.9 Å². The van der Waals surface area contributed by atoms with Gasteiger partial charge in [0.25, 0.3) is 0 Å². The van der Waals surface area contributed by atoms with Gasteiger partial charge in [-0.05, 0) is 18.2 Å². The molecule has 0 saturated heterocycles. The molecule has 0 saturated carbocycles. The van der Waals surface area contributed by atoms with Gasteiger partial charge in [-0.1, -0.05) is 30.3 Å². The van der Waals surface area contributed by atoms with E-state index in [1.54, 1.807) is 7.11 Å². The SMILES string of the molecule is COc1ccccc1-c1cc[c]cc1N(C)C. The molecule has 0 atom stereocenters. The summed E-state index contributed by atoms with van der Waals surface area (Å²) in [5, 5.41) is 0. The van der Waals surface area contributed by atoms with Crippen LogP contribution in [0.5, 0.6) is 5.75 Å². The molecular formula is C15H16NO. The van der Waals surface area contributed by atoms with Gasteiger partial charge in [-0.15, -0.1) is 0 Å². The van der Waals surface area contributed by atoms with Crippen LogP contribution in [0.1, 0.15) is 0 Å². The number of hydrogen-bond acceptors (Lipinski definition) is 2. The van der Waals surface area contributed by atoms with Crippen molar-refractivity contribution in [2.45, 2.75) is 0 Å². The number of anilines is 1. The highest BCUT2D eigenvalue weighted by atomic mass is 16.5. The Labute approximate surface area is 102 Å². The summed E-state index contributed by atoms with van der Waals surface area (Å²) in [5.41, 5.74) is 3.40.